The van der Waals surface area contributed by atoms with Gasteiger partial charge in [-0.05, 0) is 18.1 Å². The topological polar surface area (TPSA) is 75.4 Å². The smallest absolute Gasteiger partial charge is 0.288 e. The van der Waals surface area contributed by atoms with Crippen LogP contribution in [0.5, 0.6) is 0 Å². The summed E-state index contributed by atoms with van der Waals surface area (Å²) in [5, 5.41) is 23.9. The summed E-state index contributed by atoms with van der Waals surface area (Å²) in [7, 11) is 0. The van der Waals surface area contributed by atoms with E-state index in [9.17, 15) is 15.2 Å². The van der Waals surface area contributed by atoms with Crippen molar-refractivity contribution in [1.29, 1.82) is 0 Å². The molecule has 19 heavy (non-hydrogen) atoms. The van der Waals surface area contributed by atoms with Gasteiger partial charge in [-0.3, -0.25) is 10.1 Å². The Morgan fingerprint density at radius 3 is 2.79 bits per heavy atom. The summed E-state index contributed by atoms with van der Waals surface area (Å²) in [6.45, 7) is 4.53. The monoisotopic (exact) mass is 284 g/mol. The lowest BCUT2D eigenvalue weighted by Gasteiger charge is -2.49. The highest BCUT2D eigenvalue weighted by atomic mass is 35.5. The quantitative estimate of drug-likeness (QED) is 0.658. The average molecular weight is 285 g/mol. The molecule has 0 aliphatic heterocycles. The fraction of sp³-hybridized carbons (Fsp3) is 0.538. The molecule has 2 N–H and O–H groups in total. The molecule has 1 aromatic carbocycles. The molecular formula is C13H17ClN2O3. The molecule has 0 radical (unpaired) electrons. The van der Waals surface area contributed by atoms with Crippen molar-refractivity contribution in [3.8, 4) is 0 Å². The first-order valence-electron chi connectivity index (χ1n) is 6.16. The van der Waals surface area contributed by atoms with Crippen molar-refractivity contribution >= 4 is 17.3 Å². The Kier molecular flexibility index (Phi) is 3.80. The van der Waals surface area contributed by atoms with E-state index in [0.29, 0.717) is 13.0 Å². The fourth-order valence-electron chi connectivity index (χ4n) is 2.30. The Hall–Kier alpha value is -1.17. The molecule has 2 rings (SSSR count). The number of aliphatic hydroxyl groups is 1. The van der Waals surface area contributed by atoms with Gasteiger partial charge < -0.3 is 10.4 Å². The van der Waals surface area contributed by atoms with Crippen molar-refractivity contribution in [2.45, 2.75) is 39.0 Å². The lowest BCUT2D eigenvalue weighted by atomic mass is 9.64. The van der Waals surface area contributed by atoms with Crippen molar-refractivity contribution < 1.29 is 10.0 Å². The molecule has 2 unspecified atom stereocenters. The van der Waals surface area contributed by atoms with Crippen LogP contribution in [0.25, 0.3) is 0 Å². The van der Waals surface area contributed by atoms with E-state index in [0.717, 1.165) is 5.56 Å². The zero-order valence-electron chi connectivity index (χ0n) is 10.9. The number of nitro benzene ring substituents is 1. The molecule has 1 aliphatic carbocycles. The molecular weight excluding hydrogens is 268 g/mol. The van der Waals surface area contributed by atoms with Crippen LogP contribution in [0, 0.1) is 15.5 Å². The second-order valence-electron chi connectivity index (χ2n) is 5.55. The van der Waals surface area contributed by atoms with Gasteiger partial charge in [-0.25, -0.2) is 0 Å². The zero-order chi connectivity index (χ0) is 14.2. The van der Waals surface area contributed by atoms with Crippen LogP contribution in [0.15, 0.2) is 18.2 Å². The molecule has 0 heterocycles. The minimum absolute atomic E-state index is 0.0751. The third-order valence-electron chi connectivity index (χ3n) is 3.98. The predicted molar refractivity (Wildman–Crippen MR) is 73.1 cm³/mol. The number of hydrogen-bond acceptors (Lipinski definition) is 4. The van der Waals surface area contributed by atoms with E-state index in [1.165, 1.54) is 12.1 Å². The van der Waals surface area contributed by atoms with E-state index < -0.39 is 4.92 Å². The van der Waals surface area contributed by atoms with Crippen LogP contribution < -0.4 is 5.32 Å². The lowest BCUT2D eigenvalue weighted by molar-refractivity contribution is -0.384. The van der Waals surface area contributed by atoms with Gasteiger partial charge in [0.25, 0.3) is 5.69 Å². The van der Waals surface area contributed by atoms with E-state index in [1.807, 2.05) is 13.8 Å². The minimum atomic E-state index is -0.483. The number of rotatable bonds is 4. The van der Waals surface area contributed by atoms with Gasteiger partial charge in [-0.15, -0.1) is 0 Å². The van der Waals surface area contributed by atoms with Crippen LogP contribution in [-0.4, -0.2) is 22.2 Å². The molecule has 0 spiro atoms. The van der Waals surface area contributed by atoms with Crippen molar-refractivity contribution in [3.63, 3.8) is 0 Å². The molecule has 5 nitrogen and oxygen atoms in total. The van der Waals surface area contributed by atoms with E-state index in [-0.39, 0.29) is 28.3 Å². The molecule has 0 saturated heterocycles. The van der Waals surface area contributed by atoms with Crippen molar-refractivity contribution in [2.75, 3.05) is 0 Å². The van der Waals surface area contributed by atoms with E-state index in [2.05, 4.69) is 5.32 Å². The largest absolute Gasteiger partial charge is 0.392 e. The van der Waals surface area contributed by atoms with Gasteiger partial charge in [0.15, 0.2) is 0 Å². The third kappa shape index (κ3) is 2.73. The van der Waals surface area contributed by atoms with Gasteiger partial charge in [0, 0.05) is 24.1 Å². The van der Waals surface area contributed by atoms with Crippen LogP contribution in [-0.2, 0) is 6.54 Å². The minimum Gasteiger partial charge on any atom is -0.392 e. The Balaban J connectivity index is 2.01. The van der Waals surface area contributed by atoms with Crippen LogP contribution >= 0.6 is 11.6 Å². The van der Waals surface area contributed by atoms with E-state index in [1.54, 1.807) is 6.07 Å². The number of nitro groups is 1. The molecule has 2 atom stereocenters. The van der Waals surface area contributed by atoms with E-state index in [4.69, 9.17) is 11.6 Å². The van der Waals surface area contributed by atoms with Gasteiger partial charge in [0.2, 0.25) is 0 Å². The molecule has 1 saturated carbocycles. The molecule has 0 amide bonds. The standard InChI is InChI=1S/C13H17ClN2O3/c1-13(2)11(6-12(13)17)15-7-8-3-4-9(14)10(5-8)16(18)19/h3-5,11-12,15,17H,6-7H2,1-2H3. The van der Waals surface area contributed by atoms with Gasteiger partial charge >= 0.3 is 0 Å². The van der Waals surface area contributed by atoms with Crippen molar-refractivity contribution in [2.24, 2.45) is 5.41 Å². The van der Waals surface area contributed by atoms with Gasteiger partial charge in [-0.2, -0.15) is 0 Å². The normalized spacial score (nSPS) is 24.8. The first-order chi connectivity index (χ1) is 8.82. The number of hydrogen-bond donors (Lipinski definition) is 2. The highest BCUT2D eigenvalue weighted by Crippen LogP contribution is 2.40. The molecule has 0 bridgehead atoms. The second-order valence-corrected chi connectivity index (χ2v) is 5.96. The number of nitrogens with one attached hydrogen (secondary N) is 1. The Labute approximate surface area is 116 Å². The molecule has 1 fully saturated rings. The lowest BCUT2D eigenvalue weighted by Crippen LogP contribution is -2.59. The SMILES string of the molecule is CC1(C)C(O)CC1NCc1ccc(Cl)c([N+](=O)[O-])c1. The number of aliphatic hydroxyl groups excluding tert-OH is 1. The summed E-state index contributed by atoms with van der Waals surface area (Å²) >= 11 is 5.76. The second kappa shape index (κ2) is 5.07. The fourth-order valence-corrected chi connectivity index (χ4v) is 2.48. The summed E-state index contributed by atoms with van der Waals surface area (Å²) < 4.78 is 0. The van der Waals surface area contributed by atoms with Gasteiger partial charge in [0.05, 0.1) is 11.0 Å². The van der Waals surface area contributed by atoms with Crippen LogP contribution in [0.1, 0.15) is 25.8 Å². The zero-order valence-corrected chi connectivity index (χ0v) is 11.6. The van der Waals surface area contributed by atoms with Crippen LogP contribution in [0.2, 0.25) is 5.02 Å². The Morgan fingerprint density at radius 1 is 1.58 bits per heavy atom. The summed E-state index contributed by atoms with van der Waals surface area (Å²) in [5.74, 6) is 0. The Bertz CT molecular complexity index is 505. The molecule has 0 aromatic heterocycles. The molecule has 104 valence electrons. The first kappa shape index (κ1) is 14.2. The predicted octanol–water partition coefficient (Wildman–Crippen LogP) is 2.50. The number of halogens is 1. The average Bonchev–Trinajstić information content (AvgIpc) is 2.35. The number of nitrogens with zero attached hydrogens (tertiary/aromatic N) is 1. The number of benzene rings is 1. The summed E-state index contributed by atoms with van der Waals surface area (Å²) in [4.78, 5) is 10.3. The highest BCUT2D eigenvalue weighted by Gasteiger charge is 2.46. The van der Waals surface area contributed by atoms with Gasteiger partial charge in [0.1, 0.15) is 5.02 Å². The highest BCUT2D eigenvalue weighted by molar-refractivity contribution is 6.32. The summed E-state index contributed by atoms with van der Waals surface area (Å²) in [5.41, 5.74) is 0.584. The maximum Gasteiger partial charge on any atom is 0.288 e. The maximum absolute atomic E-state index is 10.8. The summed E-state index contributed by atoms with van der Waals surface area (Å²) in [6, 6.07) is 5.01. The maximum atomic E-state index is 10.8. The summed E-state index contributed by atoms with van der Waals surface area (Å²) in [6.07, 6.45) is 0.424. The Morgan fingerprint density at radius 2 is 2.26 bits per heavy atom. The van der Waals surface area contributed by atoms with Gasteiger partial charge in [-0.1, -0.05) is 31.5 Å². The molecule has 1 aliphatic rings. The molecule has 1 aromatic rings. The molecule has 6 heteroatoms. The first-order valence-corrected chi connectivity index (χ1v) is 6.54. The van der Waals surface area contributed by atoms with E-state index >= 15 is 0 Å². The third-order valence-corrected chi connectivity index (χ3v) is 4.30. The van der Waals surface area contributed by atoms with Crippen LogP contribution in [0.3, 0.4) is 0 Å². The van der Waals surface area contributed by atoms with Crippen molar-refractivity contribution in [1.82, 2.24) is 5.32 Å². The van der Waals surface area contributed by atoms with Crippen molar-refractivity contribution in [3.05, 3.63) is 38.9 Å². The van der Waals surface area contributed by atoms with Crippen LogP contribution in [0.4, 0.5) is 5.69 Å².